The molecule has 0 radical (unpaired) electrons. The molecule has 6 nitrogen and oxygen atoms in total. The molecule has 0 bridgehead atoms. The second kappa shape index (κ2) is 9.88. The van der Waals surface area contributed by atoms with Gasteiger partial charge in [-0.1, -0.05) is 59.8 Å². The van der Waals surface area contributed by atoms with E-state index in [1.807, 2.05) is 86.7 Å². The number of hydrogen-bond donors (Lipinski definition) is 1. The Balaban J connectivity index is 1.34. The lowest BCUT2D eigenvalue weighted by Gasteiger charge is -2.30. The van der Waals surface area contributed by atoms with Gasteiger partial charge < -0.3 is 14.8 Å². The monoisotopic (exact) mass is 486 g/mol. The summed E-state index contributed by atoms with van der Waals surface area (Å²) in [5, 5.41) is 3.02. The summed E-state index contributed by atoms with van der Waals surface area (Å²) in [5.41, 5.74) is 3.75. The molecule has 2 aliphatic rings. The van der Waals surface area contributed by atoms with Crippen molar-refractivity contribution in [3.63, 3.8) is 0 Å². The Morgan fingerprint density at radius 2 is 1.80 bits per heavy atom. The molecular formula is C28H26N2O4S. The van der Waals surface area contributed by atoms with Crippen LogP contribution in [-0.2, 0) is 9.59 Å². The van der Waals surface area contributed by atoms with E-state index in [0.717, 1.165) is 27.3 Å². The molecule has 0 aromatic heterocycles. The summed E-state index contributed by atoms with van der Waals surface area (Å²) >= 11 is 1.43. The lowest BCUT2D eigenvalue weighted by molar-refractivity contribution is -0.122. The average molecular weight is 487 g/mol. The lowest BCUT2D eigenvalue weighted by Crippen LogP contribution is -2.43. The molecule has 3 aromatic carbocycles. The highest BCUT2D eigenvalue weighted by Gasteiger charge is 2.30. The van der Waals surface area contributed by atoms with Crippen LogP contribution < -0.4 is 19.7 Å². The minimum absolute atomic E-state index is 0.0729. The molecule has 35 heavy (non-hydrogen) atoms. The first-order valence-electron chi connectivity index (χ1n) is 11.5. The van der Waals surface area contributed by atoms with Crippen LogP contribution in [0.3, 0.4) is 0 Å². The maximum Gasteiger partial charge on any atom is 0.265 e. The number of hydrogen-bond acceptors (Lipinski definition) is 5. The van der Waals surface area contributed by atoms with Gasteiger partial charge in [0.15, 0.2) is 11.5 Å². The van der Waals surface area contributed by atoms with Crippen LogP contribution >= 0.6 is 11.8 Å². The third-order valence-corrected chi connectivity index (χ3v) is 7.03. The zero-order valence-electron chi connectivity index (χ0n) is 19.6. The summed E-state index contributed by atoms with van der Waals surface area (Å²) < 4.78 is 11.2. The first kappa shape index (κ1) is 23.1. The molecular weight excluding hydrogens is 460 g/mol. The predicted molar refractivity (Wildman–Crippen MR) is 138 cm³/mol. The van der Waals surface area contributed by atoms with E-state index in [9.17, 15) is 9.59 Å². The highest BCUT2D eigenvalue weighted by atomic mass is 32.2. The van der Waals surface area contributed by atoms with E-state index in [-0.39, 0.29) is 24.4 Å². The summed E-state index contributed by atoms with van der Waals surface area (Å²) in [4.78, 5) is 29.6. The Labute approximate surface area is 208 Å². The van der Waals surface area contributed by atoms with Crippen LogP contribution in [0.2, 0.25) is 0 Å². The van der Waals surface area contributed by atoms with Crippen molar-refractivity contribution < 1.29 is 19.1 Å². The Bertz CT molecular complexity index is 1300. The minimum Gasteiger partial charge on any atom is -0.486 e. The van der Waals surface area contributed by atoms with Gasteiger partial charge in [-0.05, 0) is 55.3 Å². The number of fused-ring (bicyclic) bond motifs is 2. The molecule has 7 heteroatoms. The first-order chi connectivity index (χ1) is 17.0. The number of anilines is 1. The van der Waals surface area contributed by atoms with Gasteiger partial charge >= 0.3 is 0 Å². The van der Waals surface area contributed by atoms with Crippen molar-refractivity contribution >= 4 is 35.3 Å². The molecule has 1 unspecified atom stereocenters. The quantitative estimate of drug-likeness (QED) is 0.507. The number of nitrogens with one attached hydrogen (secondary N) is 1. The number of para-hydroxylation sites is 1. The predicted octanol–water partition coefficient (Wildman–Crippen LogP) is 5.12. The van der Waals surface area contributed by atoms with Gasteiger partial charge in [-0.2, -0.15) is 0 Å². The van der Waals surface area contributed by atoms with Crippen LogP contribution in [0, 0.1) is 6.92 Å². The normalized spacial score (nSPS) is 16.6. The van der Waals surface area contributed by atoms with Gasteiger partial charge in [0, 0.05) is 4.90 Å². The van der Waals surface area contributed by atoms with Gasteiger partial charge in [0.1, 0.15) is 19.8 Å². The third kappa shape index (κ3) is 5.05. The summed E-state index contributed by atoms with van der Waals surface area (Å²) in [7, 11) is 0. The van der Waals surface area contributed by atoms with Gasteiger partial charge in [-0.3, -0.25) is 14.5 Å². The molecule has 2 heterocycles. The van der Waals surface area contributed by atoms with E-state index in [0.29, 0.717) is 29.6 Å². The zero-order valence-corrected chi connectivity index (χ0v) is 20.4. The molecule has 0 saturated carbocycles. The van der Waals surface area contributed by atoms with E-state index >= 15 is 0 Å². The van der Waals surface area contributed by atoms with Gasteiger partial charge in [-0.15, -0.1) is 0 Å². The van der Waals surface area contributed by atoms with Crippen LogP contribution in [0.1, 0.15) is 29.7 Å². The van der Waals surface area contributed by atoms with E-state index in [4.69, 9.17) is 9.47 Å². The second-order valence-corrected chi connectivity index (χ2v) is 9.66. The average Bonchev–Trinajstić information content (AvgIpc) is 2.87. The van der Waals surface area contributed by atoms with Crippen molar-refractivity contribution in [1.82, 2.24) is 5.32 Å². The van der Waals surface area contributed by atoms with Crippen LogP contribution in [0.15, 0.2) is 76.5 Å². The van der Waals surface area contributed by atoms with Gasteiger partial charge in [0.25, 0.3) is 5.91 Å². The number of carbonyl (C=O) groups excluding carboxylic acids is 2. The number of ether oxygens (including phenoxy) is 2. The SMILES string of the molecule is Cc1ccc(C=C2Sc3ccccc3N(CC(=O)NC(C)c3ccc4c(c3)OCCO4)C2=O)cc1. The van der Waals surface area contributed by atoms with Gasteiger partial charge in [-0.25, -0.2) is 0 Å². The highest BCUT2D eigenvalue weighted by molar-refractivity contribution is 8.04. The topological polar surface area (TPSA) is 67.9 Å². The van der Waals surface area contributed by atoms with Gasteiger partial charge in [0.05, 0.1) is 16.6 Å². The number of nitrogens with zero attached hydrogens (tertiary/aromatic N) is 1. The Morgan fingerprint density at radius 3 is 2.60 bits per heavy atom. The highest BCUT2D eigenvalue weighted by Crippen LogP contribution is 2.42. The molecule has 2 aliphatic heterocycles. The van der Waals surface area contributed by atoms with E-state index in [1.165, 1.54) is 11.8 Å². The molecule has 178 valence electrons. The molecule has 1 N–H and O–H groups in total. The summed E-state index contributed by atoms with van der Waals surface area (Å²) in [6.07, 6.45) is 1.88. The Hall–Kier alpha value is -3.71. The minimum atomic E-state index is -0.259. The number of carbonyl (C=O) groups is 2. The van der Waals surface area contributed by atoms with Crippen LogP contribution in [-0.4, -0.2) is 31.6 Å². The first-order valence-corrected chi connectivity index (χ1v) is 12.4. The maximum atomic E-state index is 13.4. The van der Waals surface area contributed by atoms with Crippen LogP contribution in [0.5, 0.6) is 11.5 Å². The van der Waals surface area contributed by atoms with Crippen molar-refractivity contribution in [1.29, 1.82) is 0 Å². The molecule has 5 rings (SSSR count). The molecule has 0 saturated heterocycles. The van der Waals surface area contributed by atoms with Gasteiger partial charge in [0.2, 0.25) is 5.91 Å². The molecule has 0 fully saturated rings. The largest absolute Gasteiger partial charge is 0.486 e. The van der Waals surface area contributed by atoms with Crippen molar-refractivity contribution in [2.45, 2.75) is 24.8 Å². The van der Waals surface area contributed by atoms with Crippen molar-refractivity contribution in [2.24, 2.45) is 0 Å². The number of aryl methyl sites for hydroxylation is 1. The van der Waals surface area contributed by atoms with Crippen LogP contribution in [0.25, 0.3) is 6.08 Å². The van der Waals surface area contributed by atoms with Crippen molar-refractivity contribution in [3.05, 3.63) is 88.3 Å². The molecule has 1 atom stereocenters. The third-order valence-electron chi connectivity index (χ3n) is 5.95. The number of thioether (sulfide) groups is 1. The van der Waals surface area contributed by atoms with E-state index in [1.54, 1.807) is 4.90 Å². The second-order valence-electron chi connectivity index (χ2n) is 8.57. The van der Waals surface area contributed by atoms with E-state index < -0.39 is 0 Å². The zero-order chi connectivity index (χ0) is 24.4. The number of amides is 2. The maximum absolute atomic E-state index is 13.4. The summed E-state index contributed by atoms with van der Waals surface area (Å²) in [6, 6.07) is 21.1. The molecule has 0 spiro atoms. The lowest BCUT2D eigenvalue weighted by atomic mass is 10.1. The smallest absolute Gasteiger partial charge is 0.265 e. The van der Waals surface area contributed by atoms with Crippen LogP contribution in [0.4, 0.5) is 5.69 Å². The fourth-order valence-electron chi connectivity index (χ4n) is 4.08. The molecule has 0 aliphatic carbocycles. The van der Waals surface area contributed by atoms with Crippen molar-refractivity contribution in [2.75, 3.05) is 24.7 Å². The van der Waals surface area contributed by atoms with E-state index in [2.05, 4.69) is 5.32 Å². The van der Waals surface area contributed by atoms with Crippen molar-refractivity contribution in [3.8, 4) is 11.5 Å². The molecule has 3 aromatic rings. The number of benzene rings is 3. The fraction of sp³-hybridized carbons (Fsp3) is 0.214. The standard InChI is InChI=1S/C28H26N2O4S/c1-18-7-9-20(10-8-18)15-26-28(32)30(22-5-3-4-6-25(22)35-26)17-27(31)29-19(2)21-11-12-23-24(16-21)34-14-13-33-23/h3-12,15-16,19H,13-14,17H2,1-2H3,(H,29,31). The Morgan fingerprint density at radius 1 is 1.06 bits per heavy atom. The number of rotatable bonds is 5. The summed E-state index contributed by atoms with van der Waals surface area (Å²) in [6.45, 7) is 4.90. The Kier molecular flexibility index (Phi) is 6.51. The fourth-order valence-corrected chi connectivity index (χ4v) is 5.14. The molecule has 2 amide bonds. The summed E-state index contributed by atoms with van der Waals surface area (Å²) in [5.74, 6) is 0.964.